The predicted octanol–water partition coefficient (Wildman–Crippen LogP) is 0.965. The molecule has 0 aliphatic carbocycles. The molecule has 1 aliphatic heterocycles. The van der Waals surface area contributed by atoms with Gasteiger partial charge in [-0.25, -0.2) is 4.98 Å². The summed E-state index contributed by atoms with van der Waals surface area (Å²) in [5.41, 5.74) is 0. The zero-order valence-electron chi connectivity index (χ0n) is 11.8. The van der Waals surface area contributed by atoms with Gasteiger partial charge in [-0.1, -0.05) is 0 Å². The van der Waals surface area contributed by atoms with Crippen LogP contribution in [-0.2, 0) is 4.79 Å². The minimum atomic E-state index is -0.261. The number of nitrogens with zero attached hydrogens (tertiary/aromatic N) is 4. The average molecular weight is 263 g/mol. The summed E-state index contributed by atoms with van der Waals surface area (Å²) in [6.07, 6.45) is 3.91. The SMILES string of the molecule is CC(Nc1ccnc(N(C)C)n1)C(=O)N1CCCC1. The number of carbonyl (C=O) groups is 1. The van der Waals surface area contributed by atoms with Gasteiger partial charge in [0.15, 0.2) is 0 Å². The molecule has 2 rings (SSSR count). The third kappa shape index (κ3) is 3.33. The van der Waals surface area contributed by atoms with Crippen LogP contribution >= 0.6 is 0 Å². The van der Waals surface area contributed by atoms with E-state index in [0.29, 0.717) is 11.8 Å². The number of aromatic nitrogens is 2. The monoisotopic (exact) mass is 263 g/mol. The fraction of sp³-hybridized carbons (Fsp3) is 0.615. The summed E-state index contributed by atoms with van der Waals surface area (Å²) in [4.78, 5) is 24.4. The normalized spacial score (nSPS) is 16.3. The number of likely N-dealkylation sites (tertiary alicyclic amines) is 1. The van der Waals surface area contributed by atoms with E-state index in [4.69, 9.17) is 0 Å². The van der Waals surface area contributed by atoms with Crippen molar-refractivity contribution in [1.82, 2.24) is 14.9 Å². The maximum absolute atomic E-state index is 12.2. The van der Waals surface area contributed by atoms with Gasteiger partial charge in [0.25, 0.3) is 0 Å². The van der Waals surface area contributed by atoms with Gasteiger partial charge in [0.1, 0.15) is 11.9 Å². The van der Waals surface area contributed by atoms with Crippen LogP contribution in [0.3, 0.4) is 0 Å². The molecule has 104 valence electrons. The molecular formula is C13H21N5O. The predicted molar refractivity (Wildman–Crippen MR) is 75.3 cm³/mol. The molecule has 1 saturated heterocycles. The van der Waals surface area contributed by atoms with Crippen molar-refractivity contribution in [2.45, 2.75) is 25.8 Å². The van der Waals surface area contributed by atoms with Crippen LogP contribution in [0.1, 0.15) is 19.8 Å². The van der Waals surface area contributed by atoms with Gasteiger partial charge in [-0.2, -0.15) is 4.98 Å². The van der Waals surface area contributed by atoms with Crippen molar-refractivity contribution in [1.29, 1.82) is 0 Å². The second-order valence-corrected chi connectivity index (χ2v) is 5.03. The smallest absolute Gasteiger partial charge is 0.244 e. The van der Waals surface area contributed by atoms with Gasteiger partial charge < -0.3 is 15.1 Å². The summed E-state index contributed by atoms with van der Waals surface area (Å²) in [7, 11) is 3.77. The van der Waals surface area contributed by atoms with Gasteiger partial charge in [0.2, 0.25) is 11.9 Å². The molecule has 0 saturated carbocycles. The molecule has 1 aliphatic rings. The Balaban J connectivity index is 1.99. The molecule has 6 nitrogen and oxygen atoms in total. The molecule has 0 spiro atoms. The Kier molecular flexibility index (Phi) is 4.19. The number of nitrogens with one attached hydrogen (secondary N) is 1. The Morgan fingerprint density at radius 3 is 2.74 bits per heavy atom. The number of anilines is 2. The minimum absolute atomic E-state index is 0.141. The van der Waals surface area contributed by atoms with E-state index < -0.39 is 0 Å². The number of hydrogen-bond donors (Lipinski definition) is 1. The highest BCUT2D eigenvalue weighted by molar-refractivity contribution is 5.84. The van der Waals surface area contributed by atoms with E-state index in [-0.39, 0.29) is 11.9 Å². The first kappa shape index (κ1) is 13.6. The Bertz CT molecular complexity index is 442. The van der Waals surface area contributed by atoms with Crippen molar-refractivity contribution >= 4 is 17.7 Å². The molecule has 1 atom stereocenters. The van der Waals surface area contributed by atoms with Gasteiger partial charge in [0, 0.05) is 33.4 Å². The van der Waals surface area contributed by atoms with Crippen molar-refractivity contribution in [2.24, 2.45) is 0 Å². The highest BCUT2D eigenvalue weighted by atomic mass is 16.2. The molecule has 19 heavy (non-hydrogen) atoms. The lowest BCUT2D eigenvalue weighted by Crippen LogP contribution is -2.39. The maximum Gasteiger partial charge on any atom is 0.244 e. The van der Waals surface area contributed by atoms with Crippen LogP contribution in [0.25, 0.3) is 0 Å². The molecule has 1 aromatic heterocycles. The lowest BCUT2D eigenvalue weighted by atomic mass is 10.3. The number of amides is 1. The number of rotatable bonds is 4. The minimum Gasteiger partial charge on any atom is -0.358 e. The first-order valence-electron chi connectivity index (χ1n) is 6.63. The molecule has 1 unspecified atom stereocenters. The summed E-state index contributed by atoms with van der Waals surface area (Å²) in [5, 5.41) is 3.14. The van der Waals surface area contributed by atoms with Gasteiger partial charge in [-0.15, -0.1) is 0 Å². The Morgan fingerprint density at radius 2 is 2.11 bits per heavy atom. The van der Waals surface area contributed by atoms with E-state index in [1.807, 2.05) is 30.8 Å². The first-order chi connectivity index (χ1) is 9.08. The number of carbonyl (C=O) groups excluding carboxylic acids is 1. The van der Waals surface area contributed by atoms with Crippen molar-refractivity contribution in [3.63, 3.8) is 0 Å². The Hall–Kier alpha value is -1.85. The third-order valence-corrected chi connectivity index (χ3v) is 3.20. The van der Waals surface area contributed by atoms with E-state index in [1.165, 1.54) is 0 Å². The average Bonchev–Trinajstić information content (AvgIpc) is 2.92. The van der Waals surface area contributed by atoms with Gasteiger partial charge in [-0.05, 0) is 25.8 Å². The van der Waals surface area contributed by atoms with Crippen LogP contribution in [0, 0.1) is 0 Å². The van der Waals surface area contributed by atoms with Crippen LogP contribution < -0.4 is 10.2 Å². The van der Waals surface area contributed by atoms with Gasteiger partial charge >= 0.3 is 0 Å². The van der Waals surface area contributed by atoms with Crippen LogP contribution in [0.4, 0.5) is 11.8 Å². The van der Waals surface area contributed by atoms with Gasteiger partial charge in [0.05, 0.1) is 0 Å². The zero-order valence-corrected chi connectivity index (χ0v) is 11.8. The molecule has 1 aromatic rings. The summed E-state index contributed by atoms with van der Waals surface area (Å²) in [6.45, 7) is 3.62. The summed E-state index contributed by atoms with van der Waals surface area (Å²) in [5.74, 6) is 1.45. The largest absolute Gasteiger partial charge is 0.358 e. The fourth-order valence-electron chi connectivity index (χ4n) is 2.14. The second kappa shape index (κ2) is 5.86. The lowest BCUT2D eigenvalue weighted by molar-refractivity contribution is -0.130. The first-order valence-corrected chi connectivity index (χ1v) is 6.63. The summed E-state index contributed by atoms with van der Waals surface area (Å²) in [6, 6.07) is 1.52. The van der Waals surface area contributed by atoms with Crippen LogP contribution in [0.15, 0.2) is 12.3 Å². The number of hydrogen-bond acceptors (Lipinski definition) is 5. The standard InChI is InChI=1S/C13H21N5O/c1-10(12(19)18-8-4-5-9-18)15-11-6-7-14-13(16-11)17(2)3/h6-7,10H,4-5,8-9H2,1-3H3,(H,14,15,16). The van der Waals surface area contributed by atoms with Gasteiger partial charge in [-0.3, -0.25) is 4.79 Å². The van der Waals surface area contributed by atoms with E-state index in [1.54, 1.807) is 12.3 Å². The second-order valence-electron chi connectivity index (χ2n) is 5.03. The molecule has 0 bridgehead atoms. The molecule has 1 fully saturated rings. The lowest BCUT2D eigenvalue weighted by Gasteiger charge is -2.21. The highest BCUT2D eigenvalue weighted by Gasteiger charge is 2.23. The topological polar surface area (TPSA) is 61.4 Å². The summed E-state index contributed by atoms with van der Waals surface area (Å²) >= 11 is 0. The van der Waals surface area contributed by atoms with E-state index in [9.17, 15) is 4.79 Å². The van der Waals surface area contributed by atoms with E-state index in [2.05, 4.69) is 15.3 Å². The molecule has 2 heterocycles. The third-order valence-electron chi connectivity index (χ3n) is 3.20. The van der Waals surface area contributed by atoms with Crippen molar-refractivity contribution < 1.29 is 4.79 Å². The molecule has 0 radical (unpaired) electrons. The Labute approximate surface area is 113 Å². The molecule has 1 amide bonds. The molecular weight excluding hydrogens is 242 g/mol. The highest BCUT2D eigenvalue weighted by Crippen LogP contribution is 2.13. The molecule has 1 N–H and O–H groups in total. The quantitative estimate of drug-likeness (QED) is 0.877. The van der Waals surface area contributed by atoms with Crippen molar-refractivity contribution in [3.05, 3.63) is 12.3 Å². The summed E-state index contributed by atoms with van der Waals surface area (Å²) < 4.78 is 0. The Morgan fingerprint density at radius 1 is 1.42 bits per heavy atom. The van der Waals surface area contributed by atoms with E-state index >= 15 is 0 Å². The van der Waals surface area contributed by atoms with Crippen molar-refractivity contribution in [2.75, 3.05) is 37.4 Å². The molecule has 6 heteroatoms. The van der Waals surface area contributed by atoms with Crippen molar-refractivity contribution in [3.8, 4) is 0 Å². The van der Waals surface area contributed by atoms with Crippen LogP contribution in [-0.4, -0.2) is 54.0 Å². The van der Waals surface area contributed by atoms with Crippen LogP contribution in [0.2, 0.25) is 0 Å². The molecule has 0 aromatic carbocycles. The van der Waals surface area contributed by atoms with E-state index in [0.717, 1.165) is 25.9 Å². The fourth-order valence-corrected chi connectivity index (χ4v) is 2.14. The van der Waals surface area contributed by atoms with Crippen LogP contribution in [0.5, 0.6) is 0 Å². The zero-order chi connectivity index (χ0) is 13.8. The maximum atomic E-state index is 12.2.